The van der Waals surface area contributed by atoms with Crippen molar-refractivity contribution < 1.29 is 29.4 Å². The Morgan fingerprint density at radius 1 is 0.750 bits per heavy atom. The summed E-state index contributed by atoms with van der Waals surface area (Å²) < 4.78 is 0.915. The molecule has 0 radical (unpaired) electrons. The van der Waals surface area contributed by atoms with E-state index in [1.54, 1.807) is 17.8 Å². The first-order chi connectivity index (χ1) is 19.2. The van der Waals surface area contributed by atoms with Gasteiger partial charge in [0.25, 0.3) is 5.82 Å². The van der Waals surface area contributed by atoms with Crippen LogP contribution in [0.1, 0.15) is 25.7 Å². The Labute approximate surface area is 229 Å². The number of rotatable bonds is 4. The number of aryl methyl sites for hydroxylation is 1. The summed E-state index contributed by atoms with van der Waals surface area (Å²) in [7, 11) is 1.71. The second-order valence-corrected chi connectivity index (χ2v) is 10.8. The van der Waals surface area contributed by atoms with Crippen molar-refractivity contribution in [2.24, 2.45) is 7.05 Å². The minimum Gasteiger partial charge on any atom is -0.465 e. The van der Waals surface area contributed by atoms with Crippen LogP contribution in [0.15, 0.2) is 77.5 Å². The maximum Gasteiger partial charge on any atom is 0.408 e. The number of likely N-dealkylation sites (tertiary alicyclic amines) is 2. The van der Waals surface area contributed by atoms with Crippen LogP contribution in [0.4, 0.5) is 21.2 Å². The van der Waals surface area contributed by atoms with Gasteiger partial charge in [0.2, 0.25) is 5.82 Å². The van der Waals surface area contributed by atoms with Gasteiger partial charge in [-0.05, 0) is 25.7 Å². The lowest BCUT2D eigenvalue weighted by atomic mass is 10.1. The van der Waals surface area contributed by atoms with Crippen LogP contribution in [0.25, 0.3) is 0 Å². The number of carboxylic acid groups (broad SMARTS) is 2. The zero-order valence-electron chi connectivity index (χ0n) is 21.8. The molecule has 0 aliphatic carbocycles. The highest BCUT2D eigenvalue weighted by molar-refractivity contribution is 6.04. The lowest BCUT2D eigenvalue weighted by Crippen LogP contribution is -2.57. The highest BCUT2D eigenvalue weighted by Crippen LogP contribution is 2.50. The number of fused-ring (bicyclic) bond motifs is 4. The minimum atomic E-state index is -1.13. The Kier molecular flexibility index (Phi) is 5.04. The molecule has 0 spiro atoms. The van der Waals surface area contributed by atoms with Crippen LogP contribution in [-0.2, 0) is 16.6 Å². The standard InChI is InChI=1S/C28H26N6O6/c1-30-24(34(19-10-11-20(34)13-12-19)26(36)22-5-3-15-32(22)28(39)40)16-23(29-30)33(17-6-7-18(33)9-8-17)25(35)21-4-2-14-31(21)27(37)38/h6-13,16,21-22H,2-5,14-15H2,1H3/p+2/t21-,22-/m0/s1. The van der Waals surface area contributed by atoms with E-state index >= 15 is 0 Å². The van der Waals surface area contributed by atoms with Crippen LogP contribution in [0.2, 0.25) is 0 Å². The summed E-state index contributed by atoms with van der Waals surface area (Å²) in [4.78, 5) is 55.2. The predicted molar refractivity (Wildman–Crippen MR) is 143 cm³/mol. The van der Waals surface area contributed by atoms with E-state index in [0.29, 0.717) is 60.1 Å². The SMILES string of the molecule is Cn1nc([N+]2(C(=O)[C@@H]3CCCN3C(=O)O)C3=CC=C2C=C3)cc1[N+]1(C(=O)[C@@H]2CCCN2C(=O)O)C2=CC=C1C=C2. The van der Waals surface area contributed by atoms with Crippen LogP contribution >= 0.6 is 0 Å². The van der Waals surface area contributed by atoms with E-state index in [1.807, 2.05) is 48.6 Å². The summed E-state index contributed by atoms with van der Waals surface area (Å²) in [6.45, 7) is 0.576. The molecule has 40 heavy (non-hydrogen) atoms. The Bertz CT molecular complexity index is 1560. The largest absolute Gasteiger partial charge is 0.465 e. The van der Waals surface area contributed by atoms with Crippen molar-refractivity contribution in [3.8, 4) is 0 Å². The fourth-order valence-electron chi connectivity index (χ4n) is 7.23. The van der Waals surface area contributed by atoms with Crippen LogP contribution in [-0.4, -0.2) is 79.0 Å². The molecule has 0 unspecified atom stereocenters. The Hall–Kier alpha value is -4.55. The van der Waals surface area contributed by atoms with E-state index in [1.165, 1.54) is 9.80 Å². The molecular formula is C28H28N6O6+2. The summed E-state index contributed by atoms with van der Waals surface area (Å²) in [6, 6.07) is 0.0777. The summed E-state index contributed by atoms with van der Waals surface area (Å²) in [5.74, 6) is 0.243. The summed E-state index contributed by atoms with van der Waals surface area (Å²) >= 11 is 0. The average Bonchev–Trinajstić information content (AvgIpc) is 3.79. The van der Waals surface area contributed by atoms with Gasteiger partial charge in [-0.3, -0.25) is 9.80 Å². The Morgan fingerprint density at radius 2 is 1.18 bits per heavy atom. The van der Waals surface area contributed by atoms with Crippen LogP contribution in [0.3, 0.4) is 0 Å². The normalized spacial score (nSPS) is 26.3. The number of quaternary nitrogens is 2. The lowest BCUT2D eigenvalue weighted by Gasteiger charge is -2.33. The summed E-state index contributed by atoms with van der Waals surface area (Å²) in [6.07, 6.45) is 14.5. The number of aromatic nitrogens is 2. The van der Waals surface area contributed by atoms with Gasteiger partial charge >= 0.3 is 24.0 Å². The van der Waals surface area contributed by atoms with Crippen LogP contribution < -0.4 is 8.97 Å². The van der Waals surface area contributed by atoms with Gasteiger partial charge in [0, 0.05) is 68.7 Å². The van der Waals surface area contributed by atoms with Gasteiger partial charge in [-0.2, -0.15) is 0 Å². The number of hydrogen-bond donors (Lipinski definition) is 2. The molecule has 4 bridgehead atoms. The molecule has 7 heterocycles. The maximum atomic E-state index is 14.4. The molecule has 2 fully saturated rings. The van der Waals surface area contributed by atoms with Gasteiger partial charge in [-0.15, -0.1) is 14.1 Å². The Morgan fingerprint density at radius 3 is 1.60 bits per heavy atom. The fourth-order valence-corrected chi connectivity index (χ4v) is 7.23. The third kappa shape index (κ3) is 2.84. The van der Waals surface area contributed by atoms with Crippen LogP contribution in [0.5, 0.6) is 0 Å². The fraction of sp³-hybridized carbons (Fsp3) is 0.321. The first-order valence-corrected chi connectivity index (χ1v) is 13.4. The minimum absolute atomic E-state index is 0.286. The van der Waals surface area contributed by atoms with E-state index in [-0.39, 0.29) is 33.9 Å². The molecule has 2 atom stereocenters. The molecule has 12 nitrogen and oxygen atoms in total. The van der Waals surface area contributed by atoms with E-state index in [4.69, 9.17) is 5.10 Å². The molecule has 6 aliphatic rings. The molecule has 0 aromatic carbocycles. The smallest absolute Gasteiger partial charge is 0.408 e. The number of carbonyl (C=O) groups is 4. The average molecular weight is 545 g/mol. The van der Waals surface area contributed by atoms with E-state index in [0.717, 1.165) is 0 Å². The molecule has 2 saturated heterocycles. The van der Waals surface area contributed by atoms with Crippen LogP contribution in [0, 0.1) is 0 Å². The van der Waals surface area contributed by atoms with Gasteiger partial charge in [0.15, 0.2) is 34.9 Å². The van der Waals surface area contributed by atoms with Gasteiger partial charge in [-0.25, -0.2) is 23.9 Å². The van der Waals surface area contributed by atoms with Crippen molar-refractivity contribution in [1.29, 1.82) is 0 Å². The zero-order chi connectivity index (χ0) is 28.0. The monoisotopic (exact) mass is 544 g/mol. The summed E-state index contributed by atoms with van der Waals surface area (Å²) in [5.41, 5.74) is 2.68. The predicted octanol–water partition coefficient (Wildman–Crippen LogP) is 3.08. The number of hydrogen-bond acceptors (Lipinski definition) is 5. The van der Waals surface area contributed by atoms with Gasteiger partial charge < -0.3 is 10.2 Å². The number of nitrogens with zero attached hydrogens (tertiary/aromatic N) is 6. The number of carbonyl (C=O) groups excluding carboxylic acids is 2. The van der Waals surface area contributed by atoms with Crippen molar-refractivity contribution in [3.05, 3.63) is 77.5 Å². The van der Waals surface area contributed by atoms with Gasteiger partial charge in [0.05, 0.1) is 0 Å². The molecule has 0 saturated carbocycles. The van der Waals surface area contributed by atoms with Crippen molar-refractivity contribution in [2.45, 2.75) is 37.8 Å². The van der Waals surface area contributed by atoms with Crippen molar-refractivity contribution in [2.75, 3.05) is 13.1 Å². The van der Waals surface area contributed by atoms with Crippen molar-refractivity contribution in [3.63, 3.8) is 0 Å². The van der Waals surface area contributed by atoms with Crippen molar-refractivity contribution in [1.82, 2.24) is 28.5 Å². The molecular weight excluding hydrogens is 516 g/mol. The second kappa shape index (κ2) is 8.23. The van der Waals surface area contributed by atoms with Gasteiger partial charge in [-0.1, -0.05) is 0 Å². The maximum absolute atomic E-state index is 14.4. The first-order valence-electron chi connectivity index (χ1n) is 13.4. The zero-order valence-corrected chi connectivity index (χ0v) is 21.8. The molecule has 12 heteroatoms. The van der Waals surface area contributed by atoms with Gasteiger partial charge in [0.1, 0.15) is 6.07 Å². The highest BCUT2D eigenvalue weighted by atomic mass is 16.4. The molecule has 7 rings (SSSR count). The third-order valence-electron chi connectivity index (χ3n) is 9.01. The third-order valence-corrected chi connectivity index (χ3v) is 9.01. The molecule has 2 N–H and O–H groups in total. The van der Waals surface area contributed by atoms with Crippen molar-refractivity contribution >= 4 is 35.6 Å². The first kappa shape index (κ1) is 24.5. The lowest BCUT2D eigenvalue weighted by molar-refractivity contribution is -0.131. The second-order valence-electron chi connectivity index (χ2n) is 10.8. The number of allylic oxidation sites excluding steroid dienone is 8. The Balaban J connectivity index is 1.37. The molecule has 1 aromatic rings. The number of amides is 4. The molecule has 204 valence electrons. The topological polar surface area (TPSA) is 133 Å². The quantitative estimate of drug-likeness (QED) is 0.557. The molecule has 1 aromatic heterocycles. The van der Waals surface area contributed by atoms with E-state index < -0.39 is 24.3 Å². The van der Waals surface area contributed by atoms with E-state index in [9.17, 15) is 29.4 Å². The van der Waals surface area contributed by atoms with E-state index in [2.05, 4.69) is 0 Å². The summed E-state index contributed by atoms with van der Waals surface area (Å²) in [5, 5.41) is 24.4. The molecule has 6 aliphatic heterocycles. The molecule has 4 amide bonds. The highest BCUT2D eigenvalue weighted by Gasteiger charge is 2.61.